The molecule has 0 spiro atoms. The summed E-state index contributed by atoms with van der Waals surface area (Å²) in [6.07, 6.45) is 1.96. The molecule has 0 aromatic carbocycles. The Morgan fingerprint density at radius 3 is 2.36 bits per heavy atom. The van der Waals surface area contributed by atoms with Crippen LogP contribution in [0.25, 0.3) is 0 Å². The van der Waals surface area contributed by atoms with Crippen molar-refractivity contribution < 1.29 is 13.9 Å². The van der Waals surface area contributed by atoms with Gasteiger partial charge in [0.05, 0.1) is 0 Å². The van der Waals surface area contributed by atoms with Crippen molar-refractivity contribution in [2.24, 2.45) is 5.92 Å². The molecule has 1 atom stereocenters. The molecular weight excluding hydrogens is 186 g/mol. The van der Waals surface area contributed by atoms with Gasteiger partial charge < -0.3 is 5.11 Å². The van der Waals surface area contributed by atoms with Crippen LogP contribution in [0, 0.1) is 17.8 Å². The smallest absolute Gasteiger partial charge is 0.298 e. The summed E-state index contributed by atoms with van der Waals surface area (Å²) in [5, 5.41) is 8.70. The lowest BCUT2D eigenvalue weighted by atomic mass is 9.99. The highest BCUT2D eigenvalue weighted by atomic mass is 19.3. The van der Waals surface area contributed by atoms with Gasteiger partial charge in [0.15, 0.2) is 0 Å². The van der Waals surface area contributed by atoms with Gasteiger partial charge in [0.2, 0.25) is 0 Å². The summed E-state index contributed by atoms with van der Waals surface area (Å²) in [7, 11) is 0. The summed E-state index contributed by atoms with van der Waals surface area (Å²) in [5.74, 6) is 4.31. The van der Waals surface area contributed by atoms with E-state index < -0.39 is 6.43 Å². The fourth-order valence-corrected chi connectivity index (χ4v) is 1.27. The molecule has 82 valence electrons. The average Bonchev–Trinajstić information content (AvgIpc) is 2.14. The molecule has 0 bridgehead atoms. The third-order valence-corrected chi connectivity index (χ3v) is 2.03. The second-order valence-electron chi connectivity index (χ2n) is 3.29. The van der Waals surface area contributed by atoms with E-state index in [9.17, 15) is 8.78 Å². The largest absolute Gasteiger partial charge is 0.396 e. The van der Waals surface area contributed by atoms with Gasteiger partial charge in [-0.2, -0.15) is 8.78 Å². The van der Waals surface area contributed by atoms with Crippen LogP contribution in [0.1, 0.15) is 39.0 Å². The SMILES string of the molecule is CCCCCC(C#CC(F)F)CCO. The minimum atomic E-state index is -2.55. The molecule has 0 amide bonds. The predicted molar refractivity (Wildman–Crippen MR) is 53.1 cm³/mol. The maximum atomic E-state index is 11.8. The number of unbranched alkanes of at least 4 members (excludes halogenated alkanes) is 2. The second kappa shape index (κ2) is 8.96. The van der Waals surface area contributed by atoms with Gasteiger partial charge >= 0.3 is 0 Å². The summed E-state index contributed by atoms with van der Waals surface area (Å²) < 4.78 is 23.6. The van der Waals surface area contributed by atoms with E-state index in [0.717, 1.165) is 25.7 Å². The summed E-state index contributed by atoms with van der Waals surface area (Å²) in [6, 6.07) is 0. The number of hydrogen-bond acceptors (Lipinski definition) is 1. The zero-order valence-electron chi connectivity index (χ0n) is 8.60. The van der Waals surface area contributed by atoms with Crippen LogP contribution in [0.3, 0.4) is 0 Å². The molecule has 0 aliphatic rings. The summed E-state index contributed by atoms with van der Waals surface area (Å²) in [4.78, 5) is 0. The fraction of sp³-hybridized carbons (Fsp3) is 0.818. The van der Waals surface area contributed by atoms with E-state index in [2.05, 4.69) is 12.8 Å². The average molecular weight is 204 g/mol. The van der Waals surface area contributed by atoms with E-state index in [-0.39, 0.29) is 12.5 Å². The van der Waals surface area contributed by atoms with Crippen molar-refractivity contribution in [2.75, 3.05) is 6.61 Å². The second-order valence-corrected chi connectivity index (χ2v) is 3.29. The molecule has 0 aromatic rings. The Labute approximate surface area is 84.5 Å². The van der Waals surface area contributed by atoms with Crippen molar-refractivity contribution in [3.05, 3.63) is 0 Å². The van der Waals surface area contributed by atoms with Gasteiger partial charge in [-0.3, -0.25) is 0 Å². The number of aliphatic hydroxyl groups is 1. The zero-order chi connectivity index (χ0) is 10.8. The van der Waals surface area contributed by atoms with Crippen LogP contribution in [0.5, 0.6) is 0 Å². The van der Waals surface area contributed by atoms with Gasteiger partial charge in [-0.15, -0.1) is 0 Å². The molecule has 0 saturated carbocycles. The number of aliphatic hydroxyl groups excluding tert-OH is 1. The highest BCUT2D eigenvalue weighted by molar-refractivity contribution is 5.05. The zero-order valence-corrected chi connectivity index (χ0v) is 8.60. The van der Waals surface area contributed by atoms with Crippen molar-refractivity contribution in [1.29, 1.82) is 0 Å². The quantitative estimate of drug-likeness (QED) is 0.521. The first-order valence-corrected chi connectivity index (χ1v) is 5.10. The maximum absolute atomic E-state index is 11.8. The number of halogens is 2. The molecule has 0 heterocycles. The third-order valence-electron chi connectivity index (χ3n) is 2.03. The van der Waals surface area contributed by atoms with E-state index in [0.29, 0.717) is 6.42 Å². The van der Waals surface area contributed by atoms with Gasteiger partial charge in [0.25, 0.3) is 6.43 Å². The Kier molecular flexibility index (Phi) is 8.56. The van der Waals surface area contributed by atoms with Crippen molar-refractivity contribution in [3.8, 4) is 11.8 Å². The van der Waals surface area contributed by atoms with E-state index in [1.165, 1.54) is 0 Å². The van der Waals surface area contributed by atoms with Gasteiger partial charge in [-0.05, 0) is 18.8 Å². The van der Waals surface area contributed by atoms with E-state index >= 15 is 0 Å². The topological polar surface area (TPSA) is 20.2 Å². The molecule has 0 radical (unpaired) electrons. The Morgan fingerprint density at radius 1 is 1.14 bits per heavy atom. The normalized spacial score (nSPS) is 12.4. The van der Waals surface area contributed by atoms with Crippen LogP contribution >= 0.6 is 0 Å². The standard InChI is InChI=1S/C11H18F2O/c1-2-3-4-5-10(8-9-14)6-7-11(12)13/h10-11,14H,2-5,8-9H2,1H3. The first-order chi connectivity index (χ1) is 6.70. The molecule has 0 aliphatic heterocycles. The van der Waals surface area contributed by atoms with E-state index in [1.807, 2.05) is 5.92 Å². The molecule has 0 rings (SSSR count). The van der Waals surface area contributed by atoms with Crippen LogP contribution in [0.2, 0.25) is 0 Å². The first-order valence-electron chi connectivity index (χ1n) is 5.10. The van der Waals surface area contributed by atoms with Crippen molar-refractivity contribution in [3.63, 3.8) is 0 Å². The Morgan fingerprint density at radius 2 is 1.86 bits per heavy atom. The molecule has 0 aliphatic carbocycles. The molecular formula is C11H18F2O. The van der Waals surface area contributed by atoms with Crippen molar-refractivity contribution in [1.82, 2.24) is 0 Å². The highest BCUT2D eigenvalue weighted by Crippen LogP contribution is 2.12. The fourth-order valence-electron chi connectivity index (χ4n) is 1.27. The Balaban J connectivity index is 3.84. The van der Waals surface area contributed by atoms with Crippen LogP contribution < -0.4 is 0 Å². The minimum Gasteiger partial charge on any atom is -0.396 e. The summed E-state index contributed by atoms with van der Waals surface area (Å²) in [6.45, 7) is 2.11. The maximum Gasteiger partial charge on any atom is 0.298 e. The molecule has 0 saturated heterocycles. The molecule has 14 heavy (non-hydrogen) atoms. The highest BCUT2D eigenvalue weighted by Gasteiger charge is 2.04. The van der Waals surface area contributed by atoms with Crippen molar-refractivity contribution in [2.45, 2.75) is 45.5 Å². The van der Waals surface area contributed by atoms with Gasteiger partial charge in [-0.25, -0.2) is 0 Å². The van der Waals surface area contributed by atoms with E-state index in [1.54, 1.807) is 0 Å². The van der Waals surface area contributed by atoms with E-state index in [4.69, 9.17) is 5.11 Å². The Bertz CT molecular complexity index is 181. The lowest BCUT2D eigenvalue weighted by Gasteiger charge is -2.07. The lowest BCUT2D eigenvalue weighted by molar-refractivity contribution is 0.214. The summed E-state index contributed by atoms with van der Waals surface area (Å²) >= 11 is 0. The number of hydrogen-bond donors (Lipinski definition) is 1. The molecule has 3 heteroatoms. The lowest BCUT2D eigenvalue weighted by Crippen LogP contribution is -2.01. The predicted octanol–water partition coefficient (Wildman–Crippen LogP) is 2.83. The van der Waals surface area contributed by atoms with Gasteiger partial charge in [0.1, 0.15) is 0 Å². The van der Waals surface area contributed by atoms with Gasteiger partial charge in [0, 0.05) is 12.5 Å². The van der Waals surface area contributed by atoms with Crippen LogP contribution in [0.15, 0.2) is 0 Å². The van der Waals surface area contributed by atoms with Crippen LogP contribution in [0.4, 0.5) is 8.78 Å². The third kappa shape index (κ3) is 8.00. The molecule has 1 N–H and O–H groups in total. The van der Waals surface area contributed by atoms with Gasteiger partial charge in [-0.1, -0.05) is 32.1 Å². The molecule has 1 nitrogen and oxygen atoms in total. The number of alkyl halides is 2. The monoisotopic (exact) mass is 204 g/mol. The minimum absolute atomic E-state index is 0.0225. The first kappa shape index (κ1) is 13.4. The van der Waals surface area contributed by atoms with Crippen LogP contribution in [-0.4, -0.2) is 18.1 Å². The molecule has 0 aromatic heterocycles. The summed E-state index contributed by atoms with van der Waals surface area (Å²) in [5.41, 5.74) is 0. The van der Waals surface area contributed by atoms with Crippen LogP contribution in [-0.2, 0) is 0 Å². The van der Waals surface area contributed by atoms with Crippen molar-refractivity contribution >= 4 is 0 Å². The number of rotatable bonds is 6. The molecule has 1 unspecified atom stereocenters. The molecule has 0 fully saturated rings. The Hall–Kier alpha value is -0.620.